The lowest BCUT2D eigenvalue weighted by Crippen LogP contribution is -2.24. The number of nitrogens with zero attached hydrogens (tertiary/aromatic N) is 1. The van der Waals surface area contributed by atoms with E-state index in [1.54, 1.807) is 0 Å². The monoisotopic (exact) mass is 347 g/mol. The topological polar surface area (TPSA) is 36.4 Å². The van der Waals surface area contributed by atoms with Gasteiger partial charge in [-0.3, -0.25) is 5.43 Å². The molecule has 0 aliphatic carbocycles. The van der Waals surface area contributed by atoms with Crippen LogP contribution in [0.3, 0.4) is 0 Å². The van der Waals surface area contributed by atoms with E-state index in [0.29, 0.717) is 5.11 Å². The SMILES string of the molecule is C/C(=N/NC(=S)Nc1ccccc1)c1ccc(Br)cc1. The minimum atomic E-state index is 0.465. The van der Waals surface area contributed by atoms with Crippen LogP contribution in [0.15, 0.2) is 64.2 Å². The van der Waals surface area contributed by atoms with Gasteiger partial charge >= 0.3 is 0 Å². The van der Waals surface area contributed by atoms with Gasteiger partial charge < -0.3 is 5.32 Å². The highest BCUT2D eigenvalue weighted by atomic mass is 79.9. The molecule has 5 heteroatoms. The number of anilines is 1. The number of benzene rings is 2. The van der Waals surface area contributed by atoms with Gasteiger partial charge in [0.1, 0.15) is 0 Å². The Morgan fingerprint density at radius 1 is 1.05 bits per heavy atom. The normalized spacial score (nSPS) is 11.0. The summed E-state index contributed by atoms with van der Waals surface area (Å²) in [5.41, 5.74) is 5.69. The van der Waals surface area contributed by atoms with Gasteiger partial charge in [-0.05, 0) is 49.0 Å². The molecule has 2 aromatic carbocycles. The zero-order chi connectivity index (χ0) is 14.4. The van der Waals surface area contributed by atoms with E-state index in [2.05, 4.69) is 31.8 Å². The summed E-state index contributed by atoms with van der Waals surface area (Å²) in [5, 5.41) is 7.80. The van der Waals surface area contributed by atoms with Crippen LogP contribution in [0, 0.1) is 0 Å². The molecule has 0 radical (unpaired) electrons. The molecule has 2 rings (SSSR count). The van der Waals surface area contributed by atoms with Crippen LogP contribution in [-0.4, -0.2) is 10.8 Å². The lowest BCUT2D eigenvalue weighted by Gasteiger charge is -2.07. The van der Waals surface area contributed by atoms with Crippen LogP contribution in [0.5, 0.6) is 0 Å². The van der Waals surface area contributed by atoms with Crippen LogP contribution in [0.25, 0.3) is 0 Å². The number of thiocarbonyl (C=S) groups is 1. The van der Waals surface area contributed by atoms with Crippen molar-refractivity contribution in [3.63, 3.8) is 0 Å². The number of hydrazone groups is 1. The van der Waals surface area contributed by atoms with Crippen molar-refractivity contribution < 1.29 is 0 Å². The number of hydrogen-bond donors (Lipinski definition) is 2. The molecule has 3 nitrogen and oxygen atoms in total. The van der Waals surface area contributed by atoms with Gasteiger partial charge in [0.2, 0.25) is 0 Å². The van der Waals surface area contributed by atoms with E-state index in [1.807, 2.05) is 61.5 Å². The number of hydrogen-bond acceptors (Lipinski definition) is 2. The van der Waals surface area contributed by atoms with Gasteiger partial charge in [-0.1, -0.05) is 46.3 Å². The smallest absolute Gasteiger partial charge is 0.191 e. The second-order valence-corrected chi connectivity index (χ2v) is 5.46. The fourth-order valence-electron chi connectivity index (χ4n) is 1.57. The maximum atomic E-state index is 5.19. The fraction of sp³-hybridized carbons (Fsp3) is 0.0667. The average molecular weight is 348 g/mol. The van der Waals surface area contributed by atoms with Crippen molar-refractivity contribution in [2.75, 3.05) is 5.32 Å². The molecule has 20 heavy (non-hydrogen) atoms. The predicted molar refractivity (Wildman–Crippen MR) is 92.2 cm³/mol. The van der Waals surface area contributed by atoms with Gasteiger partial charge in [0.05, 0.1) is 5.71 Å². The first-order valence-electron chi connectivity index (χ1n) is 6.07. The molecule has 0 atom stereocenters. The van der Waals surface area contributed by atoms with Crippen molar-refractivity contribution >= 4 is 44.7 Å². The van der Waals surface area contributed by atoms with E-state index in [9.17, 15) is 0 Å². The summed E-state index contributed by atoms with van der Waals surface area (Å²) in [6.45, 7) is 1.93. The number of para-hydroxylation sites is 1. The molecule has 0 amide bonds. The Labute approximate surface area is 132 Å². The highest BCUT2D eigenvalue weighted by molar-refractivity contribution is 9.10. The highest BCUT2D eigenvalue weighted by Gasteiger charge is 1.99. The molecule has 0 spiro atoms. The third-order valence-electron chi connectivity index (χ3n) is 2.62. The Morgan fingerprint density at radius 2 is 1.70 bits per heavy atom. The summed E-state index contributed by atoms with van der Waals surface area (Å²) in [4.78, 5) is 0. The van der Waals surface area contributed by atoms with Gasteiger partial charge in [-0.2, -0.15) is 5.10 Å². The average Bonchev–Trinajstić information content (AvgIpc) is 2.46. The van der Waals surface area contributed by atoms with Crippen LogP contribution in [0.2, 0.25) is 0 Å². The molecular weight excluding hydrogens is 334 g/mol. The van der Waals surface area contributed by atoms with E-state index >= 15 is 0 Å². The number of halogens is 1. The van der Waals surface area contributed by atoms with Crippen molar-refractivity contribution in [3.05, 3.63) is 64.6 Å². The van der Waals surface area contributed by atoms with E-state index in [4.69, 9.17) is 12.2 Å². The van der Waals surface area contributed by atoms with E-state index in [-0.39, 0.29) is 0 Å². The Balaban J connectivity index is 1.95. The summed E-state index contributed by atoms with van der Waals surface area (Å²) in [7, 11) is 0. The molecule has 0 aromatic heterocycles. The van der Waals surface area contributed by atoms with Crippen molar-refractivity contribution in [1.29, 1.82) is 0 Å². The van der Waals surface area contributed by atoms with Crippen molar-refractivity contribution in [1.82, 2.24) is 5.43 Å². The zero-order valence-corrected chi connectivity index (χ0v) is 13.3. The first kappa shape index (κ1) is 14.7. The maximum Gasteiger partial charge on any atom is 0.191 e. The van der Waals surface area contributed by atoms with Gasteiger partial charge in [0.25, 0.3) is 0 Å². The van der Waals surface area contributed by atoms with E-state index < -0.39 is 0 Å². The summed E-state index contributed by atoms with van der Waals surface area (Å²) in [6, 6.07) is 17.7. The molecular formula is C15H14BrN3S. The third-order valence-corrected chi connectivity index (χ3v) is 3.34. The lowest BCUT2D eigenvalue weighted by atomic mass is 10.1. The van der Waals surface area contributed by atoms with Crippen molar-refractivity contribution in [2.24, 2.45) is 5.10 Å². The second kappa shape index (κ2) is 7.17. The zero-order valence-electron chi connectivity index (χ0n) is 10.9. The summed E-state index contributed by atoms with van der Waals surface area (Å²) >= 11 is 8.60. The third kappa shape index (κ3) is 4.43. The molecule has 102 valence electrons. The minimum Gasteiger partial charge on any atom is -0.331 e. The summed E-state index contributed by atoms with van der Waals surface area (Å²) in [5.74, 6) is 0. The first-order chi connectivity index (χ1) is 9.65. The molecule has 0 aliphatic rings. The minimum absolute atomic E-state index is 0.465. The molecule has 0 saturated carbocycles. The van der Waals surface area contributed by atoms with Gasteiger partial charge in [-0.15, -0.1) is 0 Å². The van der Waals surface area contributed by atoms with Crippen LogP contribution in [-0.2, 0) is 0 Å². The van der Waals surface area contributed by atoms with E-state index in [1.165, 1.54) is 0 Å². The van der Waals surface area contributed by atoms with Crippen molar-refractivity contribution in [3.8, 4) is 0 Å². The number of rotatable bonds is 3. The molecule has 0 saturated heterocycles. The summed E-state index contributed by atoms with van der Waals surface area (Å²) in [6.07, 6.45) is 0. The predicted octanol–water partition coefficient (Wildman–Crippen LogP) is 4.16. The highest BCUT2D eigenvalue weighted by Crippen LogP contribution is 2.11. The molecule has 0 heterocycles. The van der Waals surface area contributed by atoms with Gasteiger partial charge in [0.15, 0.2) is 5.11 Å². The Morgan fingerprint density at radius 3 is 2.35 bits per heavy atom. The molecule has 0 unspecified atom stereocenters. The van der Waals surface area contributed by atoms with Crippen LogP contribution < -0.4 is 10.7 Å². The lowest BCUT2D eigenvalue weighted by molar-refractivity contribution is 1.04. The van der Waals surface area contributed by atoms with Crippen molar-refractivity contribution in [2.45, 2.75) is 6.92 Å². The Hall–Kier alpha value is -1.72. The Bertz CT molecular complexity index is 609. The molecule has 2 aromatic rings. The fourth-order valence-corrected chi connectivity index (χ4v) is 2.00. The quantitative estimate of drug-likeness (QED) is 0.497. The summed E-state index contributed by atoms with van der Waals surface area (Å²) < 4.78 is 1.04. The van der Waals surface area contributed by atoms with Crippen LogP contribution in [0.1, 0.15) is 12.5 Å². The standard InChI is InChI=1S/C15H14BrN3S/c1-11(12-7-9-13(16)10-8-12)18-19-15(20)17-14-5-3-2-4-6-14/h2-10H,1H3,(H2,17,19,20)/b18-11-. The number of nitrogens with one attached hydrogen (secondary N) is 2. The second-order valence-electron chi connectivity index (χ2n) is 4.14. The van der Waals surface area contributed by atoms with Crippen LogP contribution in [0.4, 0.5) is 5.69 Å². The van der Waals surface area contributed by atoms with E-state index in [0.717, 1.165) is 21.4 Å². The Kier molecular flexibility index (Phi) is 5.26. The maximum absolute atomic E-state index is 5.19. The molecule has 0 aliphatic heterocycles. The largest absolute Gasteiger partial charge is 0.331 e. The van der Waals surface area contributed by atoms with Gasteiger partial charge in [0, 0.05) is 10.2 Å². The first-order valence-corrected chi connectivity index (χ1v) is 7.27. The molecule has 0 bridgehead atoms. The van der Waals surface area contributed by atoms with Crippen LogP contribution >= 0.6 is 28.1 Å². The molecule has 0 fully saturated rings. The van der Waals surface area contributed by atoms with Gasteiger partial charge in [-0.25, -0.2) is 0 Å². The molecule has 2 N–H and O–H groups in total.